The molecule has 25 heavy (non-hydrogen) atoms. The summed E-state index contributed by atoms with van der Waals surface area (Å²) in [6, 6.07) is 2.79. The minimum absolute atomic E-state index is 0.742. The molecule has 6 heteroatoms. The van der Waals surface area contributed by atoms with Crippen molar-refractivity contribution in [2.75, 3.05) is 33.2 Å². The van der Waals surface area contributed by atoms with Gasteiger partial charge in [-0.3, -0.25) is 15.0 Å². The molecule has 0 spiro atoms. The van der Waals surface area contributed by atoms with E-state index in [9.17, 15) is 0 Å². The Morgan fingerprint density at radius 2 is 1.96 bits per heavy atom. The van der Waals surface area contributed by atoms with Crippen molar-refractivity contribution in [1.29, 1.82) is 0 Å². The minimum atomic E-state index is 0.742. The Bertz CT molecular complexity index is 522. The maximum absolute atomic E-state index is 4.46. The van der Waals surface area contributed by atoms with E-state index in [1.165, 1.54) is 25.7 Å². The highest BCUT2D eigenvalue weighted by atomic mass is 15.4. The predicted octanol–water partition coefficient (Wildman–Crippen LogP) is 2.32. The number of rotatable bonds is 4. The first-order valence-corrected chi connectivity index (χ1v) is 9.85. The summed E-state index contributed by atoms with van der Waals surface area (Å²) in [7, 11) is 1.87. The molecule has 0 bridgehead atoms. The number of aromatic amines is 1. The van der Waals surface area contributed by atoms with Crippen LogP contribution in [-0.4, -0.2) is 65.2 Å². The van der Waals surface area contributed by atoms with Crippen LogP contribution in [0.3, 0.4) is 0 Å². The van der Waals surface area contributed by atoms with E-state index in [2.05, 4.69) is 44.2 Å². The quantitative estimate of drug-likeness (QED) is 0.649. The van der Waals surface area contributed by atoms with E-state index in [0.717, 1.165) is 62.3 Å². The molecule has 1 aliphatic heterocycles. The number of piperazine rings is 1. The van der Waals surface area contributed by atoms with Crippen molar-refractivity contribution in [1.82, 2.24) is 25.3 Å². The molecule has 2 heterocycles. The van der Waals surface area contributed by atoms with Gasteiger partial charge in [0.25, 0.3) is 0 Å². The van der Waals surface area contributed by atoms with Gasteiger partial charge in [0.15, 0.2) is 5.96 Å². The van der Waals surface area contributed by atoms with Crippen LogP contribution >= 0.6 is 0 Å². The van der Waals surface area contributed by atoms with E-state index in [1.807, 2.05) is 13.1 Å². The third-order valence-electron chi connectivity index (χ3n) is 6.02. The van der Waals surface area contributed by atoms with Crippen LogP contribution in [0.1, 0.15) is 45.2 Å². The van der Waals surface area contributed by atoms with Gasteiger partial charge in [-0.15, -0.1) is 0 Å². The zero-order valence-electron chi connectivity index (χ0n) is 16.0. The van der Waals surface area contributed by atoms with Gasteiger partial charge in [0.2, 0.25) is 0 Å². The Hall–Kier alpha value is -1.56. The molecular formula is C19H34N6. The third-order valence-corrected chi connectivity index (χ3v) is 6.02. The molecule has 0 unspecified atom stereocenters. The Kier molecular flexibility index (Phi) is 6.34. The van der Waals surface area contributed by atoms with Crippen LogP contribution in [-0.2, 0) is 6.54 Å². The molecule has 1 saturated carbocycles. The van der Waals surface area contributed by atoms with E-state index >= 15 is 0 Å². The van der Waals surface area contributed by atoms with Crippen molar-refractivity contribution in [3.8, 4) is 0 Å². The molecule has 1 aliphatic carbocycles. The lowest BCUT2D eigenvalue weighted by Gasteiger charge is -2.43. The molecule has 140 valence electrons. The molecule has 2 aliphatic rings. The summed E-state index contributed by atoms with van der Waals surface area (Å²) >= 11 is 0. The monoisotopic (exact) mass is 346 g/mol. The number of nitrogens with one attached hydrogen (secondary N) is 2. The second-order valence-electron chi connectivity index (χ2n) is 7.82. The largest absolute Gasteiger partial charge is 0.351 e. The highest BCUT2D eigenvalue weighted by molar-refractivity contribution is 5.79. The topological polar surface area (TPSA) is 59.6 Å². The van der Waals surface area contributed by atoms with Crippen LogP contribution in [0.2, 0.25) is 0 Å². The van der Waals surface area contributed by atoms with Gasteiger partial charge in [-0.2, -0.15) is 5.10 Å². The number of hydrogen-bond donors (Lipinski definition) is 2. The lowest BCUT2D eigenvalue weighted by atomic mass is 9.79. The number of aromatic nitrogens is 2. The van der Waals surface area contributed by atoms with Crippen molar-refractivity contribution in [2.45, 2.75) is 52.1 Å². The van der Waals surface area contributed by atoms with Crippen LogP contribution in [0.4, 0.5) is 0 Å². The van der Waals surface area contributed by atoms with Gasteiger partial charge in [0, 0.05) is 45.5 Å². The minimum Gasteiger partial charge on any atom is -0.351 e. The second kappa shape index (κ2) is 8.70. The van der Waals surface area contributed by atoms with E-state index in [-0.39, 0.29) is 0 Å². The maximum Gasteiger partial charge on any atom is 0.194 e. The Balaban J connectivity index is 1.43. The van der Waals surface area contributed by atoms with Crippen molar-refractivity contribution >= 4 is 5.96 Å². The molecule has 2 N–H and O–H groups in total. The summed E-state index contributed by atoms with van der Waals surface area (Å²) in [4.78, 5) is 9.56. The first-order chi connectivity index (χ1) is 12.2. The average molecular weight is 347 g/mol. The van der Waals surface area contributed by atoms with Gasteiger partial charge in [-0.25, -0.2) is 0 Å². The fourth-order valence-corrected chi connectivity index (χ4v) is 4.32. The zero-order chi connectivity index (χ0) is 17.6. The van der Waals surface area contributed by atoms with E-state index in [1.54, 1.807) is 6.20 Å². The van der Waals surface area contributed by atoms with Crippen molar-refractivity contribution in [3.05, 3.63) is 18.0 Å². The van der Waals surface area contributed by atoms with Crippen LogP contribution < -0.4 is 5.32 Å². The van der Waals surface area contributed by atoms with E-state index < -0.39 is 0 Å². The molecule has 1 saturated heterocycles. The standard InChI is InChI=1S/C19H34N6/c1-15(2)16-4-6-18(7-5-16)24-10-12-25(13-11-24)19(20-3)21-14-17-8-9-22-23-17/h8-9,15-16,18H,4-7,10-14H2,1-3H3,(H,20,21)(H,22,23). The molecule has 2 fully saturated rings. The van der Waals surface area contributed by atoms with Gasteiger partial charge in [0.1, 0.15) is 0 Å². The van der Waals surface area contributed by atoms with Gasteiger partial charge >= 0.3 is 0 Å². The lowest BCUT2D eigenvalue weighted by Crippen LogP contribution is -2.55. The Labute approximate surface area is 152 Å². The summed E-state index contributed by atoms with van der Waals surface area (Å²) < 4.78 is 0. The highest BCUT2D eigenvalue weighted by Gasteiger charge is 2.29. The van der Waals surface area contributed by atoms with Gasteiger partial charge < -0.3 is 10.2 Å². The summed E-state index contributed by atoms with van der Waals surface area (Å²) in [6.07, 6.45) is 7.38. The van der Waals surface area contributed by atoms with E-state index in [4.69, 9.17) is 0 Å². The predicted molar refractivity (Wildman–Crippen MR) is 103 cm³/mol. The molecule has 3 rings (SSSR count). The highest BCUT2D eigenvalue weighted by Crippen LogP contribution is 2.32. The van der Waals surface area contributed by atoms with Crippen molar-refractivity contribution < 1.29 is 0 Å². The molecule has 1 aromatic rings. The fourth-order valence-electron chi connectivity index (χ4n) is 4.32. The van der Waals surface area contributed by atoms with Crippen LogP contribution in [0.15, 0.2) is 17.3 Å². The van der Waals surface area contributed by atoms with Crippen LogP contribution in [0, 0.1) is 11.8 Å². The molecule has 0 atom stereocenters. The maximum atomic E-state index is 4.46. The lowest BCUT2D eigenvalue weighted by molar-refractivity contribution is 0.0864. The number of H-pyrrole nitrogens is 1. The normalized spacial score (nSPS) is 26.2. The van der Waals surface area contributed by atoms with Crippen molar-refractivity contribution in [2.24, 2.45) is 16.8 Å². The summed E-state index contributed by atoms with van der Waals surface area (Å²) in [5, 5.41) is 10.4. The van der Waals surface area contributed by atoms with Crippen LogP contribution in [0.25, 0.3) is 0 Å². The molecule has 0 amide bonds. The van der Waals surface area contributed by atoms with Gasteiger partial charge in [0.05, 0.1) is 12.2 Å². The summed E-state index contributed by atoms with van der Waals surface area (Å²) in [5.41, 5.74) is 1.08. The van der Waals surface area contributed by atoms with E-state index in [0.29, 0.717) is 0 Å². The average Bonchev–Trinajstić information content (AvgIpc) is 3.16. The summed E-state index contributed by atoms with van der Waals surface area (Å²) in [6.45, 7) is 9.94. The van der Waals surface area contributed by atoms with Gasteiger partial charge in [-0.05, 0) is 43.6 Å². The molecule has 0 radical (unpaired) electrons. The second-order valence-corrected chi connectivity index (χ2v) is 7.82. The molecule has 6 nitrogen and oxygen atoms in total. The fraction of sp³-hybridized carbons (Fsp3) is 0.789. The van der Waals surface area contributed by atoms with Crippen molar-refractivity contribution in [3.63, 3.8) is 0 Å². The smallest absolute Gasteiger partial charge is 0.194 e. The van der Waals surface area contributed by atoms with Gasteiger partial charge in [-0.1, -0.05) is 13.8 Å². The SMILES string of the molecule is CN=C(NCc1ccn[nH]1)N1CCN(C2CCC(C(C)C)CC2)CC1. The zero-order valence-corrected chi connectivity index (χ0v) is 16.0. The molecular weight excluding hydrogens is 312 g/mol. The Morgan fingerprint density at radius 1 is 1.24 bits per heavy atom. The first-order valence-electron chi connectivity index (χ1n) is 9.85. The molecule has 1 aromatic heterocycles. The van der Waals surface area contributed by atoms with Crippen LogP contribution in [0.5, 0.6) is 0 Å². The number of guanidine groups is 1. The number of hydrogen-bond acceptors (Lipinski definition) is 3. The molecule has 0 aromatic carbocycles. The number of nitrogens with zero attached hydrogens (tertiary/aromatic N) is 4. The Morgan fingerprint density at radius 3 is 2.52 bits per heavy atom. The number of aliphatic imine (C=N–C) groups is 1. The summed E-state index contributed by atoms with van der Waals surface area (Å²) in [5.74, 6) is 2.79. The third kappa shape index (κ3) is 4.75. The first kappa shape index (κ1) is 18.2.